The zero-order valence-corrected chi connectivity index (χ0v) is 11.8. The Morgan fingerprint density at radius 2 is 1.94 bits per heavy atom. The van der Waals surface area contributed by atoms with Gasteiger partial charge in [0.05, 0.1) is 15.2 Å². The highest BCUT2D eigenvalue weighted by molar-refractivity contribution is 7.92. The number of hydrogen-bond donors (Lipinski definition) is 1. The van der Waals surface area contributed by atoms with E-state index < -0.39 is 15.1 Å². The number of sulfone groups is 1. The minimum atomic E-state index is -3.39. The van der Waals surface area contributed by atoms with Gasteiger partial charge in [0.25, 0.3) is 0 Å². The third-order valence-corrected chi connectivity index (χ3v) is 5.73. The SMILES string of the molecule is CCC(NC)C(C)S(=O)(=O)c1ccccc1Cl. The van der Waals surface area contributed by atoms with E-state index in [0.29, 0.717) is 0 Å². The van der Waals surface area contributed by atoms with E-state index in [9.17, 15) is 8.42 Å². The van der Waals surface area contributed by atoms with Crippen molar-refractivity contribution in [2.45, 2.75) is 36.5 Å². The van der Waals surface area contributed by atoms with E-state index in [1.807, 2.05) is 6.92 Å². The quantitative estimate of drug-likeness (QED) is 0.898. The fourth-order valence-electron chi connectivity index (χ4n) is 1.86. The molecular formula is C12H18ClNO2S. The van der Waals surface area contributed by atoms with Crippen molar-refractivity contribution < 1.29 is 8.42 Å². The van der Waals surface area contributed by atoms with Crippen molar-refractivity contribution >= 4 is 21.4 Å². The average Bonchev–Trinajstić information content (AvgIpc) is 2.30. The lowest BCUT2D eigenvalue weighted by atomic mass is 10.2. The topological polar surface area (TPSA) is 46.2 Å². The molecular weight excluding hydrogens is 258 g/mol. The van der Waals surface area contributed by atoms with Gasteiger partial charge >= 0.3 is 0 Å². The molecule has 0 bridgehead atoms. The molecule has 0 amide bonds. The summed E-state index contributed by atoms with van der Waals surface area (Å²) in [7, 11) is -1.62. The Balaban J connectivity index is 3.16. The summed E-state index contributed by atoms with van der Waals surface area (Å²) in [6.45, 7) is 3.67. The van der Waals surface area contributed by atoms with Crippen LogP contribution in [0.15, 0.2) is 29.2 Å². The van der Waals surface area contributed by atoms with Gasteiger partial charge in [0, 0.05) is 6.04 Å². The second-order valence-electron chi connectivity index (χ2n) is 3.98. The molecule has 17 heavy (non-hydrogen) atoms. The molecule has 0 saturated carbocycles. The molecule has 2 atom stereocenters. The van der Waals surface area contributed by atoms with Crippen LogP contribution >= 0.6 is 11.6 Å². The lowest BCUT2D eigenvalue weighted by molar-refractivity contribution is 0.505. The van der Waals surface area contributed by atoms with E-state index in [4.69, 9.17) is 11.6 Å². The van der Waals surface area contributed by atoms with Crippen LogP contribution in [0.1, 0.15) is 20.3 Å². The van der Waals surface area contributed by atoms with Crippen LogP contribution in [0.25, 0.3) is 0 Å². The molecule has 0 fully saturated rings. The first kappa shape index (κ1) is 14.5. The Morgan fingerprint density at radius 3 is 2.41 bits per heavy atom. The lowest BCUT2D eigenvalue weighted by Gasteiger charge is -2.22. The highest BCUT2D eigenvalue weighted by Gasteiger charge is 2.30. The summed E-state index contributed by atoms with van der Waals surface area (Å²) < 4.78 is 24.8. The molecule has 0 aliphatic carbocycles. The van der Waals surface area contributed by atoms with Gasteiger partial charge in [-0.05, 0) is 32.5 Å². The molecule has 1 aromatic rings. The molecule has 1 rings (SSSR count). The van der Waals surface area contributed by atoms with Crippen LogP contribution in [0, 0.1) is 0 Å². The Bertz CT molecular complexity index is 469. The monoisotopic (exact) mass is 275 g/mol. The predicted octanol–water partition coefficient (Wildman–Crippen LogP) is 2.50. The van der Waals surface area contributed by atoms with Gasteiger partial charge in [-0.25, -0.2) is 8.42 Å². The fourth-order valence-corrected chi connectivity index (χ4v) is 4.09. The van der Waals surface area contributed by atoms with Crippen LogP contribution in [0.2, 0.25) is 5.02 Å². The van der Waals surface area contributed by atoms with Crippen molar-refractivity contribution in [3.63, 3.8) is 0 Å². The molecule has 0 aliphatic rings. The van der Waals surface area contributed by atoms with Crippen LogP contribution in [-0.2, 0) is 9.84 Å². The van der Waals surface area contributed by atoms with Crippen LogP contribution in [-0.4, -0.2) is 26.8 Å². The van der Waals surface area contributed by atoms with Crippen molar-refractivity contribution in [3.05, 3.63) is 29.3 Å². The van der Waals surface area contributed by atoms with E-state index in [-0.39, 0.29) is 16.0 Å². The Labute approximate surface area is 108 Å². The molecule has 96 valence electrons. The molecule has 0 saturated heterocycles. The molecule has 5 heteroatoms. The molecule has 0 aliphatic heterocycles. The predicted molar refractivity (Wildman–Crippen MR) is 71.2 cm³/mol. The standard InChI is InChI=1S/C12H18ClNO2S/c1-4-11(14-3)9(2)17(15,16)12-8-6-5-7-10(12)13/h5-9,11,14H,4H2,1-3H3. The van der Waals surface area contributed by atoms with Crippen molar-refractivity contribution in [2.75, 3.05) is 7.05 Å². The van der Waals surface area contributed by atoms with Crippen LogP contribution in [0.5, 0.6) is 0 Å². The number of halogens is 1. The van der Waals surface area contributed by atoms with Crippen LogP contribution in [0.4, 0.5) is 0 Å². The van der Waals surface area contributed by atoms with Gasteiger partial charge in [-0.2, -0.15) is 0 Å². The first-order valence-corrected chi connectivity index (χ1v) is 7.53. The number of hydrogen-bond acceptors (Lipinski definition) is 3. The zero-order chi connectivity index (χ0) is 13.1. The summed E-state index contributed by atoms with van der Waals surface area (Å²) in [6.07, 6.45) is 0.751. The molecule has 3 nitrogen and oxygen atoms in total. The van der Waals surface area contributed by atoms with Crippen LogP contribution < -0.4 is 5.32 Å². The van der Waals surface area contributed by atoms with Gasteiger partial charge in [-0.15, -0.1) is 0 Å². The number of benzene rings is 1. The smallest absolute Gasteiger partial charge is 0.183 e. The number of nitrogens with one attached hydrogen (secondary N) is 1. The number of rotatable bonds is 5. The Hall–Kier alpha value is -0.580. The lowest BCUT2D eigenvalue weighted by Crippen LogP contribution is -2.40. The second-order valence-corrected chi connectivity index (χ2v) is 6.66. The molecule has 2 unspecified atom stereocenters. The second kappa shape index (κ2) is 5.85. The molecule has 0 aromatic heterocycles. The normalized spacial score (nSPS) is 15.5. The van der Waals surface area contributed by atoms with E-state index >= 15 is 0 Å². The third kappa shape index (κ3) is 3.00. The Morgan fingerprint density at radius 1 is 1.35 bits per heavy atom. The van der Waals surface area contributed by atoms with Crippen molar-refractivity contribution in [1.82, 2.24) is 5.32 Å². The maximum absolute atomic E-state index is 12.4. The van der Waals surface area contributed by atoms with E-state index in [1.165, 1.54) is 0 Å². The van der Waals surface area contributed by atoms with Crippen molar-refractivity contribution in [1.29, 1.82) is 0 Å². The molecule has 0 radical (unpaired) electrons. The summed E-state index contributed by atoms with van der Waals surface area (Å²) in [4.78, 5) is 0.211. The van der Waals surface area contributed by atoms with Gasteiger partial charge in [0.15, 0.2) is 9.84 Å². The van der Waals surface area contributed by atoms with Crippen LogP contribution in [0.3, 0.4) is 0 Å². The summed E-state index contributed by atoms with van der Waals surface area (Å²) in [5.41, 5.74) is 0. The van der Waals surface area contributed by atoms with Gasteiger partial charge in [0.2, 0.25) is 0 Å². The molecule has 0 heterocycles. The molecule has 1 aromatic carbocycles. The van der Waals surface area contributed by atoms with Gasteiger partial charge in [0.1, 0.15) is 0 Å². The summed E-state index contributed by atoms with van der Waals surface area (Å²) in [5.74, 6) is 0. The minimum Gasteiger partial charge on any atom is -0.316 e. The third-order valence-electron chi connectivity index (χ3n) is 3.01. The average molecular weight is 276 g/mol. The first-order chi connectivity index (χ1) is 7.95. The van der Waals surface area contributed by atoms with Gasteiger partial charge < -0.3 is 5.32 Å². The maximum Gasteiger partial charge on any atom is 0.183 e. The van der Waals surface area contributed by atoms with E-state index in [1.54, 1.807) is 38.2 Å². The van der Waals surface area contributed by atoms with Crippen molar-refractivity contribution in [2.24, 2.45) is 0 Å². The highest BCUT2D eigenvalue weighted by Crippen LogP contribution is 2.26. The minimum absolute atomic E-state index is 0.0729. The Kier molecular flexibility index (Phi) is 4.98. The fraction of sp³-hybridized carbons (Fsp3) is 0.500. The van der Waals surface area contributed by atoms with E-state index in [0.717, 1.165) is 6.42 Å². The van der Waals surface area contributed by atoms with Crippen molar-refractivity contribution in [3.8, 4) is 0 Å². The van der Waals surface area contributed by atoms with Gasteiger partial charge in [-0.3, -0.25) is 0 Å². The summed E-state index contributed by atoms with van der Waals surface area (Å²) >= 11 is 5.94. The summed E-state index contributed by atoms with van der Waals surface area (Å²) in [5, 5.41) is 2.80. The highest BCUT2D eigenvalue weighted by atomic mass is 35.5. The molecule has 0 spiro atoms. The first-order valence-electron chi connectivity index (χ1n) is 5.60. The largest absolute Gasteiger partial charge is 0.316 e. The van der Waals surface area contributed by atoms with E-state index in [2.05, 4.69) is 5.32 Å². The zero-order valence-electron chi connectivity index (χ0n) is 10.3. The maximum atomic E-state index is 12.4. The van der Waals surface area contributed by atoms with Gasteiger partial charge in [-0.1, -0.05) is 30.7 Å². The molecule has 1 N–H and O–H groups in total. The summed E-state index contributed by atoms with van der Waals surface area (Å²) in [6, 6.07) is 6.49.